The van der Waals surface area contributed by atoms with Crippen LogP contribution in [0.3, 0.4) is 0 Å². The molecule has 1 atom stereocenters. The monoisotopic (exact) mass is 279 g/mol. The third kappa shape index (κ3) is 2.97. The molecule has 0 saturated carbocycles. The van der Waals surface area contributed by atoms with E-state index in [4.69, 9.17) is 4.84 Å². The van der Waals surface area contributed by atoms with E-state index in [1.54, 1.807) is 13.3 Å². The largest absolute Gasteiger partial charge is 0.379 e. The molecule has 7 nitrogen and oxygen atoms in total. The minimum absolute atomic E-state index is 0.145. The molecule has 1 aliphatic rings. The van der Waals surface area contributed by atoms with Crippen LogP contribution < -0.4 is 5.32 Å². The van der Waals surface area contributed by atoms with Crippen LogP contribution in [0.2, 0.25) is 0 Å². The zero-order valence-electron chi connectivity index (χ0n) is 12.4. The Labute approximate surface area is 118 Å². The number of hydrogen-bond acceptors (Lipinski definition) is 5. The fraction of sp³-hybridized carbons (Fsp3) is 0.692. The second kappa shape index (κ2) is 5.60. The molecule has 0 radical (unpaired) electrons. The molecule has 2 heterocycles. The fourth-order valence-electron chi connectivity index (χ4n) is 2.20. The van der Waals surface area contributed by atoms with Crippen molar-refractivity contribution in [2.24, 2.45) is 5.16 Å². The van der Waals surface area contributed by atoms with E-state index in [-0.39, 0.29) is 5.91 Å². The molecule has 7 heteroatoms. The first kappa shape index (κ1) is 14.5. The van der Waals surface area contributed by atoms with Crippen molar-refractivity contribution in [3.05, 3.63) is 12.2 Å². The number of amides is 1. The van der Waals surface area contributed by atoms with Gasteiger partial charge in [-0.15, -0.1) is 10.2 Å². The summed E-state index contributed by atoms with van der Waals surface area (Å²) in [5, 5.41) is 14.7. The highest BCUT2D eigenvalue weighted by Crippen LogP contribution is 2.23. The van der Waals surface area contributed by atoms with E-state index >= 15 is 0 Å². The predicted octanol–water partition coefficient (Wildman–Crippen LogP) is 1.07. The van der Waals surface area contributed by atoms with Crippen molar-refractivity contribution < 1.29 is 9.63 Å². The Balaban J connectivity index is 1.84. The molecule has 2 rings (SSSR count). The Bertz CT molecular complexity index is 523. The Kier molecular flexibility index (Phi) is 4.06. The highest BCUT2D eigenvalue weighted by atomic mass is 16.7. The SMILES string of the molecule is CC1=NO[C@@](C)(C(=O)NCCc2nncn2C(C)C)C1. The van der Waals surface area contributed by atoms with E-state index in [9.17, 15) is 4.79 Å². The zero-order valence-corrected chi connectivity index (χ0v) is 12.4. The average molecular weight is 279 g/mol. The topological polar surface area (TPSA) is 81.4 Å². The lowest BCUT2D eigenvalue weighted by atomic mass is 9.99. The van der Waals surface area contributed by atoms with Crippen molar-refractivity contribution in [2.75, 3.05) is 6.54 Å². The molecule has 0 aliphatic carbocycles. The number of oxime groups is 1. The van der Waals surface area contributed by atoms with E-state index in [1.807, 2.05) is 11.5 Å². The molecule has 0 saturated heterocycles. The predicted molar refractivity (Wildman–Crippen MR) is 74.3 cm³/mol. The van der Waals surface area contributed by atoms with Gasteiger partial charge in [-0.25, -0.2) is 0 Å². The van der Waals surface area contributed by atoms with Gasteiger partial charge in [0.25, 0.3) is 5.91 Å². The van der Waals surface area contributed by atoms with Gasteiger partial charge in [-0.1, -0.05) is 5.16 Å². The number of hydrogen-bond donors (Lipinski definition) is 1. The maximum atomic E-state index is 12.1. The van der Waals surface area contributed by atoms with Gasteiger partial charge in [0.1, 0.15) is 12.2 Å². The number of carbonyl (C=O) groups excluding carboxylic acids is 1. The van der Waals surface area contributed by atoms with E-state index in [0.29, 0.717) is 25.4 Å². The van der Waals surface area contributed by atoms with Gasteiger partial charge in [0, 0.05) is 25.4 Å². The Morgan fingerprint density at radius 1 is 1.60 bits per heavy atom. The van der Waals surface area contributed by atoms with Gasteiger partial charge >= 0.3 is 0 Å². The van der Waals surface area contributed by atoms with Gasteiger partial charge in [0.05, 0.1) is 5.71 Å². The van der Waals surface area contributed by atoms with Crippen molar-refractivity contribution in [3.63, 3.8) is 0 Å². The van der Waals surface area contributed by atoms with Crippen molar-refractivity contribution in [2.45, 2.75) is 52.2 Å². The number of carbonyl (C=O) groups is 1. The summed E-state index contributed by atoms with van der Waals surface area (Å²) in [6.07, 6.45) is 2.88. The summed E-state index contributed by atoms with van der Waals surface area (Å²) in [5.41, 5.74) is -0.0438. The molecule has 0 spiro atoms. The van der Waals surface area contributed by atoms with Gasteiger partial charge in [-0.3, -0.25) is 4.79 Å². The Morgan fingerprint density at radius 3 is 2.95 bits per heavy atom. The van der Waals surface area contributed by atoms with Crippen molar-refractivity contribution in [1.82, 2.24) is 20.1 Å². The van der Waals surface area contributed by atoms with E-state index < -0.39 is 5.60 Å². The van der Waals surface area contributed by atoms with E-state index in [2.05, 4.69) is 34.5 Å². The summed E-state index contributed by atoms with van der Waals surface area (Å²) in [5.74, 6) is 0.721. The molecule has 0 fully saturated rings. The van der Waals surface area contributed by atoms with Crippen LogP contribution in [0.25, 0.3) is 0 Å². The first-order valence-corrected chi connectivity index (χ1v) is 6.81. The van der Waals surface area contributed by atoms with E-state index in [1.165, 1.54) is 0 Å². The number of aromatic nitrogens is 3. The Hall–Kier alpha value is -1.92. The summed E-state index contributed by atoms with van der Waals surface area (Å²) in [4.78, 5) is 17.3. The standard InChI is InChI=1S/C13H21N5O2/c1-9(2)18-8-15-16-11(18)5-6-14-12(19)13(4)7-10(3)17-20-13/h8-9H,5-7H2,1-4H3,(H,14,19)/t13-/m1/s1. The summed E-state index contributed by atoms with van der Waals surface area (Å²) in [6, 6.07) is 0.308. The second-order valence-corrected chi connectivity index (χ2v) is 5.58. The van der Waals surface area contributed by atoms with Crippen LogP contribution in [0.15, 0.2) is 11.5 Å². The van der Waals surface area contributed by atoms with Gasteiger partial charge in [0.2, 0.25) is 5.60 Å². The Morgan fingerprint density at radius 2 is 2.35 bits per heavy atom. The molecule has 1 aromatic rings. The molecule has 1 aliphatic heterocycles. The van der Waals surface area contributed by atoms with Crippen LogP contribution in [-0.2, 0) is 16.1 Å². The first-order valence-electron chi connectivity index (χ1n) is 6.81. The molecule has 1 N–H and O–H groups in total. The van der Waals surface area contributed by atoms with Crippen molar-refractivity contribution >= 4 is 11.6 Å². The summed E-state index contributed by atoms with van der Waals surface area (Å²) >= 11 is 0. The zero-order chi connectivity index (χ0) is 14.8. The minimum atomic E-state index is -0.879. The second-order valence-electron chi connectivity index (χ2n) is 5.58. The number of nitrogens with one attached hydrogen (secondary N) is 1. The average Bonchev–Trinajstić information content (AvgIpc) is 2.97. The summed E-state index contributed by atoms with van der Waals surface area (Å²) in [7, 11) is 0. The lowest BCUT2D eigenvalue weighted by Crippen LogP contribution is -2.45. The fourth-order valence-corrected chi connectivity index (χ4v) is 2.20. The van der Waals surface area contributed by atoms with Crippen LogP contribution >= 0.6 is 0 Å². The molecular weight excluding hydrogens is 258 g/mol. The van der Waals surface area contributed by atoms with Crippen LogP contribution in [0.1, 0.15) is 46.0 Å². The minimum Gasteiger partial charge on any atom is -0.379 e. The van der Waals surface area contributed by atoms with Crippen LogP contribution in [-0.4, -0.2) is 38.5 Å². The lowest BCUT2D eigenvalue weighted by molar-refractivity contribution is -0.141. The smallest absolute Gasteiger partial charge is 0.267 e. The van der Waals surface area contributed by atoms with Gasteiger partial charge in [0.15, 0.2) is 0 Å². The molecule has 1 aromatic heterocycles. The van der Waals surface area contributed by atoms with Crippen LogP contribution in [0, 0.1) is 0 Å². The highest BCUT2D eigenvalue weighted by molar-refractivity contribution is 5.94. The third-order valence-corrected chi connectivity index (χ3v) is 3.31. The quantitative estimate of drug-likeness (QED) is 0.874. The van der Waals surface area contributed by atoms with Gasteiger partial charge in [-0.2, -0.15) is 0 Å². The molecule has 20 heavy (non-hydrogen) atoms. The normalized spacial score (nSPS) is 21.8. The van der Waals surface area contributed by atoms with Crippen LogP contribution in [0.5, 0.6) is 0 Å². The summed E-state index contributed by atoms with van der Waals surface area (Å²) < 4.78 is 1.99. The number of rotatable bonds is 5. The third-order valence-electron chi connectivity index (χ3n) is 3.31. The van der Waals surface area contributed by atoms with Crippen LogP contribution in [0.4, 0.5) is 0 Å². The maximum Gasteiger partial charge on any atom is 0.267 e. The molecule has 1 amide bonds. The van der Waals surface area contributed by atoms with Crippen molar-refractivity contribution in [1.29, 1.82) is 0 Å². The molecule has 0 unspecified atom stereocenters. The van der Waals surface area contributed by atoms with Gasteiger partial charge in [-0.05, 0) is 27.7 Å². The summed E-state index contributed by atoms with van der Waals surface area (Å²) in [6.45, 7) is 8.24. The molecule has 0 bridgehead atoms. The highest BCUT2D eigenvalue weighted by Gasteiger charge is 2.40. The molecular formula is C13H21N5O2. The van der Waals surface area contributed by atoms with Gasteiger partial charge < -0.3 is 14.7 Å². The lowest BCUT2D eigenvalue weighted by Gasteiger charge is -2.20. The first-order chi connectivity index (χ1) is 9.42. The molecule has 0 aromatic carbocycles. The maximum absolute atomic E-state index is 12.1. The van der Waals surface area contributed by atoms with Crippen molar-refractivity contribution in [3.8, 4) is 0 Å². The molecule has 110 valence electrons. The number of nitrogens with zero attached hydrogens (tertiary/aromatic N) is 4. The van der Waals surface area contributed by atoms with E-state index in [0.717, 1.165) is 11.5 Å².